The van der Waals surface area contributed by atoms with E-state index >= 15 is 0 Å². The molecule has 2 rings (SSSR count). The maximum Gasteiger partial charge on any atom is 0.317 e. The number of aromatic nitrogens is 3. The minimum atomic E-state index is -0.941. The number of benzene rings is 1. The molecule has 1 atom stereocenters. The number of hydrogen-bond acceptors (Lipinski definition) is 4. The average Bonchev–Trinajstić information content (AvgIpc) is 3.02. The summed E-state index contributed by atoms with van der Waals surface area (Å²) in [5.41, 5.74) is 0.861. The van der Waals surface area contributed by atoms with E-state index in [9.17, 15) is 9.59 Å². The van der Waals surface area contributed by atoms with Gasteiger partial charge in [-0.15, -0.1) is 0 Å². The van der Waals surface area contributed by atoms with Crippen LogP contribution in [0, 0.1) is 5.92 Å². The second kappa shape index (κ2) is 7.91. The van der Waals surface area contributed by atoms with E-state index in [-0.39, 0.29) is 19.1 Å². The molecule has 0 bridgehead atoms. The molecule has 2 amide bonds. The van der Waals surface area contributed by atoms with E-state index in [4.69, 9.17) is 5.11 Å². The van der Waals surface area contributed by atoms with Crippen LogP contribution >= 0.6 is 15.9 Å². The van der Waals surface area contributed by atoms with Crippen molar-refractivity contribution in [3.05, 3.63) is 34.6 Å². The topological polar surface area (TPSA) is 111 Å². The van der Waals surface area contributed by atoms with Gasteiger partial charge in [0.25, 0.3) is 0 Å². The lowest BCUT2D eigenvalue weighted by Crippen LogP contribution is -2.40. The van der Waals surface area contributed by atoms with Crippen LogP contribution in [0.1, 0.15) is 12.7 Å². The number of rotatable bonds is 6. The Labute approximate surface area is 147 Å². The van der Waals surface area contributed by atoms with E-state index in [1.54, 1.807) is 14.0 Å². The lowest BCUT2D eigenvalue weighted by Gasteiger charge is -2.19. The summed E-state index contributed by atoms with van der Waals surface area (Å²) < 4.78 is 0.966. The number of carbonyl (C=O) groups excluding carboxylic acids is 1. The highest BCUT2D eigenvalue weighted by Gasteiger charge is 2.17. The number of carboxylic acid groups (broad SMARTS) is 1. The Hall–Kier alpha value is -2.42. The average molecular weight is 396 g/mol. The van der Waals surface area contributed by atoms with Gasteiger partial charge in [-0.2, -0.15) is 5.10 Å². The molecule has 0 saturated heterocycles. The van der Waals surface area contributed by atoms with Gasteiger partial charge in [0.05, 0.1) is 12.5 Å². The predicted octanol–water partition coefficient (Wildman–Crippen LogP) is 2.10. The molecular weight excluding hydrogens is 378 g/mol. The Bertz CT molecular complexity index is 716. The van der Waals surface area contributed by atoms with Crippen LogP contribution in [-0.2, 0) is 11.3 Å². The number of halogens is 1. The molecule has 1 heterocycles. The minimum absolute atomic E-state index is 0.127. The number of carboxylic acids is 1. The number of hydrogen-bond donors (Lipinski definition) is 3. The summed E-state index contributed by atoms with van der Waals surface area (Å²) in [6.45, 7) is 1.85. The molecule has 3 N–H and O–H groups in total. The van der Waals surface area contributed by atoms with Crippen molar-refractivity contribution in [2.45, 2.75) is 13.5 Å². The lowest BCUT2D eigenvalue weighted by molar-refractivity contribution is -0.141. The van der Waals surface area contributed by atoms with Gasteiger partial charge >= 0.3 is 12.0 Å². The first-order valence-corrected chi connectivity index (χ1v) is 8.05. The Kier molecular flexibility index (Phi) is 5.91. The van der Waals surface area contributed by atoms with Crippen molar-refractivity contribution in [3.63, 3.8) is 0 Å². The van der Waals surface area contributed by atoms with Crippen molar-refractivity contribution < 1.29 is 14.7 Å². The van der Waals surface area contributed by atoms with Crippen molar-refractivity contribution in [1.82, 2.24) is 25.4 Å². The van der Waals surface area contributed by atoms with Gasteiger partial charge < -0.3 is 15.3 Å². The van der Waals surface area contributed by atoms with Gasteiger partial charge in [0.15, 0.2) is 5.82 Å². The van der Waals surface area contributed by atoms with E-state index in [1.807, 2.05) is 24.3 Å². The third-order valence-corrected chi connectivity index (χ3v) is 3.89. The maximum atomic E-state index is 11.9. The fourth-order valence-corrected chi connectivity index (χ4v) is 2.23. The molecule has 0 aliphatic carbocycles. The van der Waals surface area contributed by atoms with Crippen molar-refractivity contribution in [2.75, 3.05) is 13.6 Å². The fourth-order valence-electron chi connectivity index (χ4n) is 1.97. The van der Waals surface area contributed by atoms with Gasteiger partial charge in [-0.25, -0.2) is 9.78 Å². The number of aliphatic carboxylic acids is 1. The van der Waals surface area contributed by atoms with E-state index < -0.39 is 11.9 Å². The van der Waals surface area contributed by atoms with Gasteiger partial charge in [-0.05, 0) is 12.1 Å². The number of nitrogens with zero attached hydrogens (tertiary/aromatic N) is 3. The number of aromatic amines is 1. The number of amides is 2. The van der Waals surface area contributed by atoms with Gasteiger partial charge in [-0.3, -0.25) is 9.89 Å². The Morgan fingerprint density at radius 1 is 1.38 bits per heavy atom. The number of carbonyl (C=O) groups is 2. The van der Waals surface area contributed by atoms with Crippen LogP contribution in [-0.4, -0.2) is 50.8 Å². The first-order valence-electron chi connectivity index (χ1n) is 7.26. The molecular formula is C15H18BrN5O3. The zero-order valence-corrected chi connectivity index (χ0v) is 14.9. The van der Waals surface area contributed by atoms with Crippen LogP contribution < -0.4 is 5.32 Å². The van der Waals surface area contributed by atoms with Crippen LogP contribution in [0.2, 0.25) is 0 Å². The summed E-state index contributed by atoms with van der Waals surface area (Å²) in [6.07, 6.45) is 0. The molecule has 9 heteroatoms. The second-order valence-electron chi connectivity index (χ2n) is 5.39. The largest absolute Gasteiger partial charge is 0.481 e. The monoisotopic (exact) mass is 395 g/mol. The van der Waals surface area contributed by atoms with Gasteiger partial charge in [0.2, 0.25) is 0 Å². The zero-order valence-electron chi connectivity index (χ0n) is 13.3. The van der Waals surface area contributed by atoms with Gasteiger partial charge in [-0.1, -0.05) is 35.0 Å². The van der Waals surface area contributed by atoms with Crippen molar-refractivity contribution in [1.29, 1.82) is 0 Å². The highest BCUT2D eigenvalue weighted by Crippen LogP contribution is 2.18. The summed E-state index contributed by atoms with van der Waals surface area (Å²) in [7, 11) is 1.54. The molecule has 0 fully saturated rings. The van der Waals surface area contributed by atoms with E-state index in [0.29, 0.717) is 11.6 Å². The van der Waals surface area contributed by atoms with Crippen molar-refractivity contribution >= 4 is 27.9 Å². The molecule has 0 aliphatic heterocycles. The van der Waals surface area contributed by atoms with Gasteiger partial charge in [0.1, 0.15) is 5.82 Å². The molecule has 2 aromatic rings. The zero-order chi connectivity index (χ0) is 17.7. The molecule has 0 radical (unpaired) electrons. The molecule has 0 aliphatic rings. The lowest BCUT2D eigenvalue weighted by atomic mass is 10.2. The van der Waals surface area contributed by atoms with E-state index in [1.165, 1.54) is 4.90 Å². The van der Waals surface area contributed by atoms with Crippen LogP contribution in [0.4, 0.5) is 4.79 Å². The minimum Gasteiger partial charge on any atom is -0.481 e. The molecule has 1 aromatic heterocycles. The Morgan fingerprint density at radius 3 is 2.67 bits per heavy atom. The van der Waals surface area contributed by atoms with E-state index in [0.717, 1.165) is 10.0 Å². The number of urea groups is 1. The molecule has 128 valence electrons. The standard InChI is InChI=1S/C15H18BrN5O3/c1-9(14(22)23)8-21(2)15(24)17-7-12-18-13(20-19-12)10-3-5-11(16)6-4-10/h3-6,9H,7-8H2,1-2H3,(H,17,24)(H,22,23)(H,18,19,20). The molecule has 0 spiro atoms. The van der Waals surface area contributed by atoms with Crippen LogP contribution in [0.5, 0.6) is 0 Å². The Morgan fingerprint density at radius 2 is 2.04 bits per heavy atom. The predicted molar refractivity (Wildman–Crippen MR) is 91.2 cm³/mol. The summed E-state index contributed by atoms with van der Waals surface area (Å²) in [4.78, 5) is 28.4. The SMILES string of the molecule is CC(CN(C)C(=O)NCc1nc(-c2ccc(Br)cc2)n[nH]1)C(=O)O. The van der Waals surface area contributed by atoms with Crippen LogP contribution in [0.15, 0.2) is 28.7 Å². The molecule has 8 nitrogen and oxygen atoms in total. The van der Waals surface area contributed by atoms with Crippen molar-refractivity contribution in [3.8, 4) is 11.4 Å². The molecule has 1 aromatic carbocycles. The van der Waals surface area contributed by atoms with Gasteiger partial charge in [0, 0.05) is 23.6 Å². The highest BCUT2D eigenvalue weighted by atomic mass is 79.9. The third kappa shape index (κ3) is 4.79. The highest BCUT2D eigenvalue weighted by molar-refractivity contribution is 9.10. The fraction of sp³-hybridized carbons (Fsp3) is 0.333. The molecule has 24 heavy (non-hydrogen) atoms. The first kappa shape index (κ1) is 17.9. The Balaban J connectivity index is 1.89. The first-order chi connectivity index (χ1) is 11.4. The van der Waals surface area contributed by atoms with Crippen molar-refractivity contribution in [2.24, 2.45) is 5.92 Å². The quantitative estimate of drug-likeness (QED) is 0.693. The summed E-state index contributed by atoms with van der Waals surface area (Å²) in [6, 6.07) is 7.19. The molecule has 0 saturated carbocycles. The summed E-state index contributed by atoms with van der Waals surface area (Å²) in [5, 5.41) is 18.4. The summed E-state index contributed by atoms with van der Waals surface area (Å²) in [5.74, 6) is -0.514. The second-order valence-corrected chi connectivity index (χ2v) is 6.31. The molecule has 1 unspecified atom stereocenters. The maximum absolute atomic E-state index is 11.9. The normalized spacial score (nSPS) is 11.8. The van der Waals surface area contributed by atoms with Crippen LogP contribution in [0.25, 0.3) is 11.4 Å². The van der Waals surface area contributed by atoms with E-state index in [2.05, 4.69) is 36.4 Å². The van der Waals surface area contributed by atoms with Crippen LogP contribution in [0.3, 0.4) is 0 Å². The number of nitrogens with one attached hydrogen (secondary N) is 2. The smallest absolute Gasteiger partial charge is 0.317 e. The third-order valence-electron chi connectivity index (χ3n) is 3.36. The number of H-pyrrole nitrogens is 1. The summed E-state index contributed by atoms with van der Waals surface area (Å²) >= 11 is 3.37.